The van der Waals surface area contributed by atoms with E-state index in [2.05, 4.69) is 39.6 Å². The van der Waals surface area contributed by atoms with Gasteiger partial charge in [-0.3, -0.25) is 4.79 Å². The molecule has 3 aromatic rings. The van der Waals surface area contributed by atoms with Crippen LogP contribution in [0.3, 0.4) is 0 Å². The summed E-state index contributed by atoms with van der Waals surface area (Å²) in [5.41, 5.74) is 4.20. The van der Waals surface area contributed by atoms with Gasteiger partial charge >= 0.3 is 0 Å². The van der Waals surface area contributed by atoms with E-state index in [1.54, 1.807) is 23.7 Å². The minimum absolute atomic E-state index is 0.231. The Balaban J connectivity index is 1.55. The molecule has 0 aliphatic rings. The first kappa shape index (κ1) is 21.8. The summed E-state index contributed by atoms with van der Waals surface area (Å²) in [7, 11) is 4.03. The molecule has 0 bridgehead atoms. The zero-order valence-electron chi connectivity index (χ0n) is 17.5. The molecule has 1 aromatic heterocycles. The highest BCUT2D eigenvalue weighted by Gasteiger charge is 2.20. The summed E-state index contributed by atoms with van der Waals surface area (Å²) in [5, 5.41) is 7.59. The number of aromatic nitrogens is 2. The largest absolute Gasteiger partial charge is 0.378 e. The molecule has 1 N–H and O–H groups in total. The van der Waals surface area contributed by atoms with Crippen molar-refractivity contribution in [3.05, 3.63) is 81.9 Å². The van der Waals surface area contributed by atoms with Crippen molar-refractivity contribution in [2.75, 3.05) is 25.5 Å². The highest BCUT2D eigenvalue weighted by atomic mass is 35.5. The van der Waals surface area contributed by atoms with Gasteiger partial charge in [0, 0.05) is 26.3 Å². The quantitative estimate of drug-likeness (QED) is 0.539. The van der Waals surface area contributed by atoms with Gasteiger partial charge in [-0.2, -0.15) is 5.10 Å². The van der Waals surface area contributed by atoms with Gasteiger partial charge in [0.1, 0.15) is 11.0 Å². The molecule has 0 aliphatic carbocycles. The Hall–Kier alpha value is -2.86. The van der Waals surface area contributed by atoms with Crippen LogP contribution in [0.1, 0.15) is 33.6 Å². The Morgan fingerprint density at radius 2 is 1.73 bits per heavy atom. The van der Waals surface area contributed by atoms with Crippen LogP contribution in [-0.2, 0) is 13.0 Å². The van der Waals surface area contributed by atoms with Crippen LogP contribution in [0.5, 0.6) is 0 Å². The van der Waals surface area contributed by atoms with Crippen molar-refractivity contribution >= 4 is 23.2 Å². The molecule has 158 valence electrons. The van der Waals surface area contributed by atoms with Gasteiger partial charge in [0.15, 0.2) is 0 Å². The average Bonchev–Trinajstić information content (AvgIpc) is 3.00. The van der Waals surface area contributed by atoms with Gasteiger partial charge in [-0.25, -0.2) is 9.07 Å². The van der Waals surface area contributed by atoms with Gasteiger partial charge in [-0.05, 0) is 55.2 Å². The van der Waals surface area contributed by atoms with Crippen LogP contribution >= 0.6 is 11.6 Å². The lowest BCUT2D eigenvalue weighted by molar-refractivity contribution is 0.0952. The second kappa shape index (κ2) is 9.76. The Labute approximate surface area is 181 Å². The molecule has 0 fully saturated rings. The first-order valence-electron chi connectivity index (χ1n) is 9.87. The van der Waals surface area contributed by atoms with Crippen LogP contribution < -0.4 is 10.2 Å². The average molecular weight is 429 g/mol. The number of nitrogens with one attached hydrogen (secondary N) is 1. The normalized spacial score (nSPS) is 10.8. The number of carbonyl (C=O) groups excluding carboxylic acids is 1. The van der Waals surface area contributed by atoms with Crippen LogP contribution in [-0.4, -0.2) is 36.3 Å². The van der Waals surface area contributed by atoms with Crippen LogP contribution in [0.4, 0.5) is 10.1 Å². The smallest absolute Gasteiger partial charge is 0.256 e. The van der Waals surface area contributed by atoms with Crippen molar-refractivity contribution in [3.63, 3.8) is 0 Å². The maximum absolute atomic E-state index is 13.1. The third kappa shape index (κ3) is 5.39. The van der Waals surface area contributed by atoms with E-state index < -0.39 is 0 Å². The van der Waals surface area contributed by atoms with Crippen LogP contribution in [0.25, 0.3) is 0 Å². The number of benzene rings is 2. The van der Waals surface area contributed by atoms with E-state index in [0.29, 0.717) is 24.3 Å². The molecular weight excluding hydrogens is 403 g/mol. The molecule has 30 heavy (non-hydrogen) atoms. The van der Waals surface area contributed by atoms with Gasteiger partial charge in [-0.15, -0.1) is 0 Å². The zero-order valence-corrected chi connectivity index (χ0v) is 18.2. The van der Waals surface area contributed by atoms with E-state index in [4.69, 9.17) is 11.6 Å². The summed E-state index contributed by atoms with van der Waals surface area (Å²) in [5.74, 6) is -0.527. The van der Waals surface area contributed by atoms with Gasteiger partial charge in [-0.1, -0.05) is 35.9 Å². The molecule has 0 unspecified atom stereocenters. The summed E-state index contributed by atoms with van der Waals surface area (Å²) in [6.07, 6.45) is 1.71. The Morgan fingerprint density at radius 1 is 1.10 bits per heavy atom. The first-order valence-corrected chi connectivity index (χ1v) is 10.2. The summed E-state index contributed by atoms with van der Waals surface area (Å²) >= 11 is 6.42. The van der Waals surface area contributed by atoms with Crippen LogP contribution in [0.2, 0.25) is 5.15 Å². The van der Waals surface area contributed by atoms with Crippen molar-refractivity contribution in [3.8, 4) is 0 Å². The number of amides is 1. The monoisotopic (exact) mass is 428 g/mol. The van der Waals surface area contributed by atoms with Gasteiger partial charge in [0.25, 0.3) is 5.91 Å². The fourth-order valence-corrected chi connectivity index (χ4v) is 3.54. The van der Waals surface area contributed by atoms with Gasteiger partial charge in [0.2, 0.25) is 0 Å². The molecule has 0 spiro atoms. The predicted octanol–water partition coefficient (Wildman–Crippen LogP) is 4.46. The fraction of sp³-hybridized carbons (Fsp3) is 0.304. The van der Waals surface area contributed by atoms with E-state index in [1.807, 2.05) is 14.1 Å². The number of halogens is 2. The number of carbonyl (C=O) groups is 1. The SMILES string of the molecule is Cc1nn(Cc2ccc(F)cc2)c(Cl)c1C(=O)NCCCc1ccc(N(C)C)cc1. The van der Waals surface area contributed by atoms with Crippen molar-refractivity contribution in [2.24, 2.45) is 0 Å². The second-order valence-electron chi connectivity index (χ2n) is 7.46. The lowest BCUT2D eigenvalue weighted by Crippen LogP contribution is -2.25. The molecule has 2 aromatic carbocycles. The van der Waals surface area contributed by atoms with Crippen molar-refractivity contribution in [1.82, 2.24) is 15.1 Å². The molecule has 3 rings (SSSR count). The summed E-state index contributed by atoms with van der Waals surface area (Å²) in [4.78, 5) is 14.7. The van der Waals surface area contributed by atoms with E-state index in [1.165, 1.54) is 17.7 Å². The molecule has 7 heteroatoms. The molecular formula is C23H26ClFN4O. The molecule has 5 nitrogen and oxygen atoms in total. The molecule has 0 radical (unpaired) electrons. The minimum Gasteiger partial charge on any atom is -0.378 e. The standard InChI is InChI=1S/C23H26ClFN4O/c1-16-21(22(24)29(27-16)15-18-6-10-19(25)11-7-18)23(30)26-14-4-5-17-8-12-20(13-9-17)28(2)3/h6-13H,4-5,14-15H2,1-3H3,(H,26,30). The number of nitrogens with zero attached hydrogens (tertiary/aromatic N) is 3. The Morgan fingerprint density at radius 3 is 2.37 bits per heavy atom. The highest BCUT2D eigenvalue weighted by molar-refractivity contribution is 6.33. The first-order chi connectivity index (χ1) is 14.3. The summed E-state index contributed by atoms with van der Waals surface area (Å²) in [6, 6.07) is 14.5. The van der Waals surface area contributed by atoms with Crippen molar-refractivity contribution in [2.45, 2.75) is 26.3 Å². The maximum Gasteiger partial charge on any atom is 0.256 e. The van der Waals surface area contributed by atoms with E-state index >= 15 is 0 Å². The topological polar surface area (TPSA) is 50.2 Å². The van der Waals surface area contributed by atoms with Crippen molar-refractivity contribution < 1.29 is 9.18 Å². The molecule has 1 heterocycles. The fourth-order valence-electron chi connectivity index (χ4n) is 3.22. The van der Waals surface area contributed by atoms with Gasteiger partial charge in [0.05, 0.1) is 17.8 Å². The summed E-state index contributed by atoms with van der Waals surface area (Å²) < 4.78 is 14.6. The van der Waals surface area contributed by atoms with E-state index in [0.717, 1.165) is 24.1 Å². The lowest BCUT2D eigenvalue weighted by Gasteiger charge is -2.12. The number of aryl methyl sites for hydroxylation is 2. The third-order valence-electron chi connectivity index (χ3n) is 4.92. The van der Waals surface area contributed by atoms with E-state index in [-0.39, 0.29) is 16.9 Å². The lowest BCUT2D eigenvalue weighted by atomic mass is 10.1. The number of hydrogen-bond donors (Lipinski definition) is 1. The van der Waals surface area contributed by atoms with Crippen LogP contribution in [0, 0.1) is 12.7 Å². The summed E-state index contributed by atoms with van der Waals surface area (Å²) in [6.45, 7) is 2.68. The van der Waals surface area contributed by atoms with Crippen LogP contribution in [0.15, 0.2) is 48.5 Å². The highest BCUT2D eigenvalue weighted by Crippen LogP contribution is 2.21. The molecule has 0 saturated carbocycles. The minimum atomic E-state index is -0.296. The zero-order chi connectivity index (χ0) is 21.7. The molecule has 0 atom stereocenters. The Bertz CT molecular complexity index is 997. The van der Waals surface area contributed by atoms with Gasteiger partial charge < -0.3 is 10.2 Å². The molecule has 0 saturated heterocycles. The Kier molecular flexibility index (Phi) is 7.11. The number of rotatable bonds is 8. The molecule has 0 aliphatic heterocycles. The maximum atomic E-state index is 13.1. The number of anilines is 1. The molecule has 1 amide bonds. The van der Waals surface area contributed by atoms with Crippen molar-refractivity contribution in [1.29, 1.82) is 0 Å². The van der Waals surface area contributed by atoms with E-state index in [9.17, 15) is 9.18 Å². The number of hydrogen-bond acceptors (Lipinski definition) is 3. The predicted molar refractivity (Wildman–Crippen MR) is 119 cm³/mol. The second-order valence-corrected chi connectivity index (χ2v) is 7.81. The third-order valence-corrected chi connectivity index (χ3v) is 5.30.